The van der Waals surface area contributed by atoms with E-state index in [2.05, 4.69) is 25.3 Å². The van der Waals surface area contributed by atoms with Gasteiger partial charge in [-0.25, -0.2) is 4.98 Å². The normalized spacial score (nSPS) is 15.9. The lowest BCUT2D eigenvalue weighted by Crippen LogP contribution is -2.44. The maximum absolute atomic E-state index is 12.7. The number of likely N-dealkylation sites (tertiary alicyclic amines) is 1. The smallest absolute Gasteiger partial charge is 0.348 e. The van der Waals surface area contributed by atoms with Crippen LogP contribution >= 0.6 is 11.3 Å². The van der Waals surface area contributed by atoms with Gasteiger partial charge in [-0.05, 0) is 31.9 Å². The number of piperidine rings is 1. The zero-order valence-electron chi connectivity index (χ0n) is 16.6. The summed E-state index contributed by atoms with van der Waals surface area (Å²) in [6, 6.07) is 4.75. The van der Waals surface area contributed by atoms with Crippen LogP contribution < -0.4 is 5.32 Å². The Morgan fingerprint density at radius 2 is 1.97 bits per heavy atom. The molecule has 1 N–H and O–H groups in total. The van der Waals surface area contributed by atoms with E-state index in [1.807, 2.05) is 6.92 Å². The Labute approximate surface area is 180 Å². The lowest BCUT2D eigenvalue weighted by Gasteiger charge is -2.31. The predicted molar refractivity (Wildman–Crippen MR) is 107 cm³/mol. The molecule has 4 rings (SSSR count). The first kappa shape index (κ1) is 21.4. The van der Waals surface area contributed by atoms with Crippen molar-refractivity contribution in [3.63, 3.8) is 0 Å². The molecule has 11 heteroatoms. The van der Waals surface area contributed by atoms with Crippen molar-refractivity contribution in [1.29, 1.82) is 0 Å². The molecule has 0 unspecified atom stereocenters. The fourth-order valence-electron chi connectivity index (χ4n) is 3.44. The van der Waals surface area contributed by atoms with Gasteiger partial charge >= 0.3 is 6.18 Å². The number of thiazole rings is 1. The molecule has 7 nitrogen and oxygen atoms in total. The fraction of sp³-hybridized carbons (Fsp3) is 0.400. The number of nitrogens with one attached hydrogen (secondary N) is 1. The number of aryl methyl sites for hydroxylation is 1. The van der Waals surface area contributed by atoms with E-state index in [0.29, 0.717) is 22.9 Å². The molecule has 31 heavy (non-hydrogen) atoms. The quantitative estimate of drug-likeness (QED) is 0.633. The topological polar surface area (TPSA) is 84.2 Å². The van der Waals surface area contributed by atoms with E-state index >= 15 is 0 Å². The van der Waals surface area contributed by atoms with Crippen LogP contribution in [0.15, 0.2) is 34.3 Å². The second-order valence-electron chi connectivity index (χ2n) is 7.38. The summed E-state index contributed by atoms with van der Waals surface area (Å²) in [5.41, 5.74) is 2.14. The first-order valence-electron chi connectivity index (χ1n) is 9.73. The number of rotatable bonds is 5. The summed E-state index contributed by atoms with van der Waals surface area (Å²) in [6.07, 6.45) is -2.79. The second kappa shape index (κ2) is 8.75. The van der Waals surface area contributed by atoms with Gasteiger partial charge in [-0.1, -0.05) is 17.3 Å². The highest BCUT2D eigenvalue weighted by atomic mass is 32.1. The van der Waals surface area contributed by atoms with Crippen LogP contribution in [0.1, 0.15) is 39.7 Å². The minimum atomic E-state index is -4.38. The molecule has 0 radical (unpaired) electrons. The molecule has 3 heterocycles. The number of halogens is 3. The highest BCUT2D eigenvalue weighted by Crippen LogP contribution is 2.30. The standard InChI is InChI=1S/C20H20F3N5O2S/c1-12-17(31-11-24-12)19(29)25-15-6-8-28(9-7-15)10-16-26-18(27-30-16)13-2-4-14(5-3-13)20(21,22)23/h2-5,11,15H,6-10H2,1H3,(H,25,29). The molecule has 0 atom stereocenters. The number of amides is 1. The lowest BCUT2D eigenvalue weighted by molar-refractivity contribution is -0.137. The Balaban J connectivity index is 1.29. The average molecular weight is 451 g/mol. The van der Waals surface area contributed by atoms with Crippen LogP contribution in [-0.4, -0.2) is 45.1 Å². The number of alkyl halides is 3. The largest absolute Gasteiger partial charge is 0.416 e. The van der Waals surface area contributed by atoms with Gasteiger partial charge < -0.3 is 9.84 Å². The monoisotopic (exact) mass is 451 g/mol. The molecule has 0 saturated carbocycles. The van der Waals surface area contributed by atoms with Gasteiger partial charge in [0, 0.05) is 24.7 Å². The molecule has 164 valence electrons. The Kier molecular flexibility index (Phi) is 6.05. The molecule has 1 saturated heterocycles. The van der Waals surface area contributed by atoms with E-state index in [9.17, 15) is 18.0 Å². The van der Waals surface area contributed by atoms with E-state index in [-0.39, 0.29) is 17.8 Å². The third-order valence-electron chi connectivity index (χ3n) is 5.17. The van der Waals surface area contributed by atoms with Crippen LogP contribution in [-0.2, 0) is 12.7 Å². The van der Waals surface area contributed by atoms with Crippen molar-refractivity contribution < 1.29 is 22.5 Å². The maximum Gasteiger partial charge on any atom is 0.416 e. The Morgan fingerprint density at radius 3 is 2.58 bits per heavy atom. The van der Waals surface area contributed by atoms with Crippen LogP contribution in [0.4, 0.5) is 13.2 Å². The SMILES string of the molecule is Cc1ncsc1C(=O)NC1CCN(Cc2nc(-c3ccc(C(F)(F)F)cc3)no2)CC1. The van der Waals surface area contributed by atoms with E-state index in [0.717, 1.165) is 43.8 Å². The highest BCUT2D eigenvalue weighted by molar-refractivity contribution is 7.11. The molecule has 1 aliphatic heterocycles. The zero-order chi connectivity index (χ0) is 22.0. The van der Waals surface area contributed by atoms with Gasteiger partial charge in [-0.3, -0.25) is 9.69 Å². The summed E-state index contributed by atoms with van der Waals surface area (Å²) in [6.45, 7) is 3.77. The Bertz CT molecular complexity index is 1040. The van der Waals surface area contributed by atoms with Crippen molar-refractivity contribution in [2.24, 2.45) is 0 Å². The average Bonchev–Trinajstić information content (AvgIpc) is 3.38. The molecule has 1 aliphatic rings. The molecule has 3 aromatic rings. The summed E-state index contributed by atoms with van der Waals surface area (Å²) in [7, 11) is 0. The predicted octanol–water partition coefficient (Wildman–Crippen LogP) is 3.91. The number of carbonyl (C=O) groups excluding carboxylic acids is 1. The Morgan fingerprint density at radius 1 is 1.26 bits per heavy atom. The van der Waals surface area contributed by atoms with Gasteiger partial charge in [0.15, 0.2) is 0 Å². The minimum absolute atomic E-state index is 0.0865. The van der Waals surface area contributed by atoms with Gasteiger partial charge in [0.25, 0.3) is 5.91 Å². The van der Waals surface area contributed by atoms with Crippen molar-refractivity contribution in [2.75, 3.05) is 13.1 Å². The highest BCUT2D eigenvalue weighted by Gasteiger charge is 2.30. The molecule has 1 amide bonds. The summed E-state index contributed by atoms with van der Waals surface area (Å²) in [5, 5.41) is 6.94. The summed E-state index contributed by atoms with van der Waals surface area (Å²) in [4.78, 5) is 23.5. The number of hydrogen-bond acceptors (Lipinski definition) is 7. The van der Waals surface area contributed by atoms with Crippen molar-refractivity contribution in [3.8, 4) is 11.4 Å². The third kappa shape index (κ3) is 5.10. The number of carbonyl (C=O) groups is 1. The lowest BCUT2D eigenvalue weighted by atomic mass is 10.0. The van der Waals surface area contributed by atoms with E-state index in [1.165, 1.54) is 23.5 Å². The molecule has 0 aliphatic carbocycles. The van der Waals surface area contributed by atoms with Crippen LogP contribution in [0.25, 0.3) is 11.4 Å². The zero-order valence-corrected chi connectivity index (χ0v) is 17.5. The number of benzene rings is 1. The number of nitrogens with zero attached hydrogens (tertiary/aromatic N) is 4. The van der Waals surface area contributed by atoms with E-state index in [4.69, 9.17) is 4.52 Å². The van der Waals surface area contributed by atoms with Gasteiger partial charge in [0.05, 0.1) is 23.3 Å². The van der Waals surface area contributed by atoms with E-state index in [1.54, 1.807) is 5.51 Å². The molecular formula is C20H20F3N5O2S. The molecule has 1 fully saturated rings. The molecule has 1 aromatic carbocycles. The third-order valence-corrected chi connectivity index (χ3v) is 6.10. The van der Waals surface area contributed by atoms with Crippen molar-refractivity contribution in [2.45, 2.75) is 38.5 Å². The van der Waals surface area contributed by atoms with Crippen LogP contribution in [0, 0.1) is 6.92 Å². The summed E-state index contributed by atoms with van der Waals surface area (Å²) >= 11 is 1.33. The Hall–Kier alpha value is -2.79. The molecule has 0 bridgehead atoms. The van der Waals surface area contributed by atoms with Crippen molar-refractivity contribution in [1.82, 2.24) is 25.3 Å². The van der Waals surface area contributed by atoms with Gasteiger partial charge in [0.2, 0.25) is 11.7 Å². The minimum Gasteiger partial charge on any atom is -0.348 e. The molecular weight excluding hydrogens is 431 g/mol. The molecule has 2 aromatic heterocycles. The maximum atomic E-state index is 12.7. The first-order valence-corrected chi connectivity index (χ1v) is 10.6. The number of aromatic nitrogens is 3. The van der Waals surface area contributed by atoms with Crippen molar-refractivity contribution in [3.05, 3.63) is 51.8 Å². The molecule has 0 spiro atoms. The van der Waals surface area contributed by atoms with Gasteiger partial charge in [-0.2, -0.15) is 18.2 Å². The van der Waals surface area contributed by atoms with Crippen LogP contribution in [0.3, 0.4) is 0 Å². The van der Waals surface area contributed by atoms with Crippen LogP contribution in [0.2, 0.25) is 0 Å². The summed E-state index contributed by atoms with van der Waals surface area (Å²) in [5.74, 6) is 0.569. The van der Waals surface area contributed by atoms with Gasteiger partial charge in [0.1, 0.15) is 4.88 Å². The summed E-state index contributed by atoms with van der Waals surface area (Å²) < 4.78 is 43.3. The van der Waals surface area contributed by atoms with E-state index < -0.39 is 11.7 Å². The van der Waals surface area contributed by atoms with Crippen molar-refractivity contribution >= 4 is 17.2 Å². The van der Waals surface area contributed by atoms with Gasteiger partial charge in [-0.15, -0.1) is 11.3 Å². The fourth-order valence-corrected chi connectivity index (χ4v) is 4.15. The number of hydrogen-bond donors (Lipinski definition) is 1. The van der Waals surface area contributed by atoms with Crippen LogP contribution in [0.5, 0.6) is 0 Å². The second-order valence-corrected chi connectivity index (χ2v) is 8.23. The first-order chi connectivity index (χ1) is 14.8.